The lowest BCUT2D eigenvalue weighted by Crippen LogP contribution is -2.50. The van der Waals surface area contributed by atoms with E-state index in [1.165, 1.54) is 29.0 Å². The summed E-state index contributed by atoms with van der Waals surface area (Å²) in [5, 5.41) is 2.65. The quantitative estimate of drug-likeness (QED) is 0.749. The van der Waals surface area contributed by atoms with Crippen LogP contribution in [-0.4, -0.2) is 62.2 Å². The second-order valence-electron chi connectivity index (χ2n) is 5.86. The van der Waals surface area contributed by atoms with Gasteiger partial charge in [-0.3, -0.25) is 9.59 Å². The van der Waals surface area contributed by atoms with Gasteiger partial charge < -0.3 is 14.6 Å². The van der Waals surface area contributed by atoms with Crippen LogP contribution in [0.5, 0.6) is 0 Å². The van der Waals surface area contributed by atoms with E-state index < -0.39 is 10.0 Å². The second-order valence-corrected chi connectivity index (χ2v) is 9.74. The zero-order valence-corrected chi connectivity index (χ0v) is 16.6. The number of furan rings is 1. The minimum Gasteiger partial charge on any atom is -0.472 e. The third-order valence-corrected chi connectivity index (χ3v) is 7.74. The van der Waals surface area contributed by atoms with Crippen LogP contribution in [0, 0.1) is 0 Å². The molecule has 0 aromatic carbocycles. The van der Waals surface area contributed by atoms with E-state index in [0.29, 0.717) is 23.0 Å². The summed E-state index contributed by atoms with van der Waals surface area (Å²) >= 11 is 6.84. The van der Waals surface area contributed by atoms with Gasteiger partial charge in [0.25, 0.3) is 15.9 Å². The molecule has 0 unspecified atom stereocenters. The fourth-order valence-corrected chi connectivity index (χ4v) is 5.74. The van der Waals surface area contributed by atoms with Crippen LogP contribution in [0.4, 0.5) is 0 Å². The molecule has 1 aliphatic rings. The van der Waals surface area contributed by atoms with Gasteiger partial charge in [0.2, 0.25) is 5.91 Å². The Balaban J connectivity index is 1.46. The highest BCUT2D eigenvalue weighted by atomic mass is 35.5. The van der Waals surface area contributed by atoms with E-state index in [2.05, 4.69) is 5.32 Å². The molecule has 0 radical (unpaired) electrons. The Kier molecular flexibility index (Phi) is 6.20. The van der Waals surface area contributed by atoms with Gasteiger partial charge in [0, 0.05) is 39.1 Å². The summed E-state index contributed by atoms with van der Waals surface area (Å²) < 4.78 is 31.9. The van der Waals surface area contributed by atoms with Crippen LogP contribution in [0.15, 0.2) is 39.4 Å². The number of rotatable bonds is 6. The third kappa shape index (κ3) is 4.70. The number of nitrogens with zero attached hydrogens (tertiary/aromatic N) is 2. The number of sulfonamides is 1. The van der Waals surface area contributed by atoms with E-state index in [1.54, 1.807) is 11.0 Å². The molecular formula is C16H18ClN3O5S2. The Morgan fingerprint density at radius 3 is 2.52 bits per heavy atom. The van der Waals surface area contributed by atoms with Crippen molar-refractivity contribution in [3.63, 3.8) is 0 Å². The summed E-state index contributed by atoms with van der Waals surface area (Å²) in [6.45, 7) is 1.28. The monoisotopic (exact) mass is 431 g/mol. The molecule has 0 aliphatic carbocycles. The van der Waals surface area contributed by atoms with Gasteiger partial charge in [0.05, 0.1) is 16.2 Å². The molecular weight excluding hydrogens is 414 g/mol. The number of carbonyl (C=O) groups excluding carboxylic acids is 2. The second kappa shape index (κ2) is 8.42. The van der Waals surface area contributed by atoms with Gasteiger partial charge in [-0.2, -0.15) is 4.31 Å². The number of amides is 2. The lowest BCUT2D eigenvalue weighted by molar-refractivity contribution is -0.132. The highest BCUT2D eigenvalue weighted by Gasteiger charge is 2.31. The number of hydrogen-bond acceptors (Lipinski definition) is 6. The van der Waals surface area contributed by atoms with E-state index in [9.17, 15) is 18.0 Å². The Morgan fingerprint density at radius 1 is 1.19 bits per heavy atom. The highest BCUT2D eigenvalue weighted by Crippen LogP contribution is 2.28. The standard InChI is InChI=1S/C16H18ClN3O5S2/c17-13-1-2-15(26-13)27(23,24)20-8-6-19(7-9-20)14(21)3-5-18-16(22)12-4-10-25-11-12/h1-2,4,10-11H,3,5-9H2,(H,18,22). The zero-order valence-electron chi connectivity index (χ0n) is 14.3. The normalized spacial score (nSPS) is 15.7. The van der Waals surface area contributed by atoms with Gasteiger partial charge in [0.15, 0.2) is 0 Å². The Labute approximate surface area is 165 Å². The van der Waals surface area contributed by atoms with E-state index in [4.69, 9.17) is 16.0 Å². The third-order valence-electron chi connectivity index (χ3n) is 4.14. The molecule has 146 valence electrons. The Morgan fingerprint density at radius 2 is 1.93 bits per heavy atom. The number of thiophene rings is 1. The summed E-state index contributed by atoms with van der Waals surface area (Å²) in [5.41, 5.74) is 0.398. The molecule has 3 heterocycles. The molecule has 2 amide bonds. The van der Waals surface area contributed by atoms with E-state index in [-0.39, 0.29) is 42.1 Å². The smallest absolute Gasteiger partial charge is 0.254 e. The average Bonchev–Trinajstić information content (AvgIpc) is 3.33. The molecule has 11 heteroatoms. The van der Waals surface area contributed by atoms with Crippen LogP contribution in [0.1, 0.15) is 16.8 Å². The van der Waals surface area contributed by atoms with E-state index in [1.807, 2.05) is 0 Å². The fourth-order valence-electron chi connectivity index (χ4n) is 2.68. The number of nitrogens with one attached hydrogen (secondary N) is 1. The molecule has 3 rings (SSSR count). The van der Waals surface area contributed by atoms with Gasteiger partial charge in [-0.1, -0.05) is 11.6 Å². The number of hydrogen-bond donors (Lipinski definition) is 1. The SMILES string of the molecule is O=C(NCCC(=O)N1CCN(S(=O)(=O)c2ccc(Cl)s2)CC1)c1ccoc1. The van der Waals surface area contributed by atoms with Crippen molar-refractivity contribution in [3.8, 4) is 0 Å². The van der Waals surface area contributed by atoms with Crippen LogP contribution in [0.3, 0.4) is 0 Å². The molecule has 2 aromatic heterocycles. The zero-order chi connectivity index (χ0) is 19.4. The number of halogens is 1. The van der Waals surface area contributed by atoms with Crippen LogP contribution < -0.4 is 5.32 Å². The van der Waals surface area contributed by atoms with Crippen LogP contribution >= 0.6 is 22.9 Å². The first-order valence-corrected chi connectivity index (χ1v) is 10.8. The number of piperazine rings is 1. The van der Waals surface area contributed by atoms with Crippen molar-refractivity contribution in [2.75, 3.05) is 32.7 Å². The van der Waals surface area contributed by atoms with Crippen molar-refractivity contribution in [2.24, 2.45) is 0 Å². The van der Waals surface area contributed by atoms with E-state index >= 15 is 0 Å². The summed E-state index contributed by atoms with van der Waals surface area (Å²) in [6, 6.07) is 4.58. The van der Waals surface area contributed by atoms with Gasteiger partial charge >= 0.3 is 0 Å². The van der Waals surface area contributed by atoms with Gasteiger partial charge in [-0.25, -0.2) is 8.42 Å². The molecule has 0 bridgehead atoms. The van der Waals surface area contributed by atoms with E-state index in [0.717, 1.165) is 11.3 Å². The minimum absolute atomic E-state index is 0.126. The lowest BCUT2D eigenvalue weighted by Gasteiger charge is -2.33. The summed E-state index contributed by atoms with van der Waals surface area (Å²) in [5.74, 6) is -0.430. The maximum absolute atomic E-state index is 12.6. The molecule has 0 atom stereocenters. The number of carbonyl (C=O) groups is 2. The summed E-state index contributed by atoms with van der Waals surface area (Å²) in [7, 11) is -3.58. The largest absolute Gasteiger partial charge is 0.472 e. The molecule has 8 nitrogen and oxygen atoms in total. The first-order chi connectivity index (χ1) is 12.9. The molecule has 1 fully saturated rings. The molecule has 1 N–H and O–H groups in total. The predicted octanol–water partition coefficient (Wildman–Crippen LogP) is 1.65. The van der Waals surface area contributed by atoms with Crippen LogP contribution in [-0.2, 0) is 14.8 Å². The van der Waals surface area contributed by atoms with Gasteiger partial charge in [-0.05, 0) is 18.2 Å². The van der Waals surface area contributed by atoms with Gasteiger partial charge in [-0.15, -0.1) is 11.3 Å². The van der Waals surface area contributed by atoms with Crippen LogP contribution in [0.2, 0.25) is 4.34 Å². The Bertz CT molecular complexity index is 902. The van der Waals surface area contributed by atoms with Crippen molar-refractivity contribution in [2.45, 2.75) is 10.6 Å². The molecule has 1 saturated heterocycles. The van der Waals surface area contributed by atoms with Crippen molar-refractivity contribution >= 4 is 44.8 Å². The topological polar surface area (TPSA) is 99.9 Å². The molecule has 0 spiro atoms. The summed E-state index contributed by atoms with van der Waals surface area (Å²) in [4.78, 5) is 25.7. The van der Waals surface area contributed by atoms with Crippen molar-refractivity contribution in [1.29, 1.82) is 0 Å². The molecule has 0 saturated carbocycles. The van der Waals surface area contributed by atoms with Gasteiger partial charge in [0.1, 0.15) is 10.5 Å². The van der Waals surface area contributed by atoms with Crippen molar-refractivity contribution in [3.05, 3.63) is 40.6 Å². The summed E-state index contributed by atoms with van der Waals surface area (Å²) in [6.07, 6.45) is 2.88. The molecule has 2 aromatic rings. The predicted molar refractivity (Wildman–Crippen MR) is 100 cm³/mol. The van der Waals surface area contributed by atoms with Crippen molar-refractivity contribution in [1.82, 2.24) is 14.5 Å². The minimum atomic E-state index is -3.58. The fraction of sp³-hybridized carbons (Fsp3) is 0.375. The maximum atomic E-state index is 12.6. The Hall–Kier alpha value is -1.88. The van der Waals surface area contributed by atoms with Crippen molar-refractivity contribution < 1.29 is 22.4 Å². The maximum Gasteiger partial charge on any atom is 0.254 e. The highest BCUT2D eigenvalue weighted by molar-refractivity contribution is 7.91. The first kappa shape index (κ1) is 19.9. The molecule has 27 heavy (non-hydrogen) atoms. The van der Waals surface area contributed by atoms with Crippen LogP contribution in [0.25, 0.3) is 0 Å². The average molecular weight is 432 g/mol. The first-order valence-electron chi connectivity index (χ1n) is 8.21. The lowest BCUT2D eigenvalue weighted by atomic mass is 10.3. The molecule has 1 aliphatic heterocycles.